The van der Waals surface area contributed by atoms with Gasteiger partial charge in [0.15, 0.2) is 0 Å². The highest BCUT2D eigenvalue weighted by Crippen LogP contribution is 2.32. The Morgan fingerprint density at radius 3 is 2.63 bits per heavy atom. The van der Waals surface area contributed by atoms with Gasteiger partial charge in [-0.05, 0) is 35.9 Å². The van der Waals surface area contributed by atoms with Crippen LogP contribution in [0, 0.1) is 10.1 Å². The van der Waals surface area contributed by atoms with Gasteiger partial charge in [-0.2, -0.15) is 23.0 Å². The maximum atomic E-state index is 13.1. The van der Waals surface area contributed by atoms with Gasteiger partial charge in [0, 0.05) is 30.3 Å². The summed E-state index contributed by atoms with van der Waals surface area (Å²) in [5, 5.41) is 24.7. The summed E-state index contributed by atoms with van der Waals surface area (Å²) in [5.41, 5.74) is -2.11. The van der Waals surface area contributed by atoms with Crippen LogP contribution in [-0.4, -0.2) is 30.8 Å². The number of hydrogen-bond donors (Lipinski definition) is 1. The molecule has 35 heavy (non-hydrogen) atoms. The summed E-state index contributed by atoms with van der Waals surface area (Å²) in [5.74, 6) is -0.615. The van der Waals surface area contributed by atoms with Gasteiger partial charge in [0.2, 0.25) is 12.3 Å². The summed E-state index contributed by atoms with van der Waals surface area (Å²) in [7, 11) is 0. The molecule has 11 nitrogen and oxygen atoms in total. The number of benzene rings is 2. The molecule has 4 aromatic rings. The normalized spacial score (nSPS) is 11.3. The van der Waals surface area contributed by atoms with Gasteiger partial charge in [-0.3, -0.25) is 19.7 Å². The highest BCUT2D eigenvalue weighted by atomic mass is 19.4. The van der Waals surface area contributed by atoms with E-state index in [-0.39, 0.29) is 22.8 Å². The predicted octanol–water partition coefficient (Wildman–Crippen LogP) is 3.14. The molecule has 1 amide bonds. The maximum Gasteiger partial charge on any atom is 0.416 e. The number of aromatic nitrogens is 4. The fraction of sp³-hybridized carbons (Fsp3) is 0.0952. The number of hydrogen-bond acceptors (Lipinski definition) is 8. The van der Waals surface area contributed by atoms with Crippen molar-refractivity contribution in [1.29, 1.82) is 0 Å². The summed E-state index contributed by atoms with van der Waals surface area (Å²) in [4.78, 5) is 35.0. The lowest BCUT2D eigenvalue weighted by Crippen LogP contribution is -2.28. The topological polar surface area (TPSA) is 146 Å². The third kappa shape index (κ3) is 5.21. The molecule has 4 rings (SSSR count). The summed E-state index contributed by atoms with van der Waals surface area (Å²) < 4.78 is 45.3. The largest absolute Gasteiger partial charge is 0.423 e. The lowest BCUT2D eigenvalue weighted by molar-refractivity contribution is -0.385. The SMILES string of the molecule is O=C(NCc1cc([N+](=O)[O-])cc(C(F)(F)F)c1)c1ccc(=O)n(-c2cccc(-c3nnco3)c2)n1. The van der Waals surface area contributed by atoms with Gasteiger partial charge in [0.1, 0.15) is 5.69 Å². The molecule has 14 heteroatoms. The number of nitrogens with zero attached hydrogens (tertiary/aromatic N) is 5. The number of carbonyl (C=O) groups excluding carboxylic acids is 1. The number of amides is 1. The molecule has 1 N–H and O–H groups in total. The molecule has 0 spiro atoms. The van der Waals surface area contributed by atoms with Crippen LogP contribution in [0.2, 0.25) is 0 Å². The zero-order valence-electron chi connectivity index (χ0n) is 17.4. The first-order valence-electron chi connectivity index (χ1n) is 9.73. The van der Waals surface area contributed by atoms with Crippen LogP contribution in [0.4, 0.5) is 18.9 Å². The van der Waals surface area contributed by atoms with E-state index in [0.717, 1.165) is 29.3 Å². The van der Waals surface area contributed by atoms with Crippen LogP contribution < -0.4 is 10.9 Å². The Balaban J connectivity index is 1.58. The molecule has 0 saturated carbocycles. The lowest BCUT2D eigenvalue weighted by atomic mass is 10.1. The van der Waals surface area contributed by atoms with Gasteiger partial charge in [0.05, 0.1) is 16.2 Å². The molecular formula is C21H13F3N6O5. The van der Waals surface area contributed by atoms with E-state index in [4.69, 9.17) is 4.42 Å². The van der Waals surface area contributed by atoms with E-state index >= 15 is 0 Å². The van der Waals surface area contributed by atoms with Crippen molar-refractivity contribution >= 4 is 11.6 Å². The molecule has 178 valence electrons. The Bertz CT molecular complexity index is 1470. The van der Waals surface area contributed by atoms with Crippen LogP contribution >= 0.6 is 0 Å². The molecule has 2 aromatic carbocycles. The third-order valence-corrected chi connectivity index (χ3v) is 4.70. The van der Waals surface area contributed by atoms with Crippen molar-refractivity contribution in [2.45, 2.75) is 12.7 Å². The van der Waals surface area contributed by atoms with E-state index in [1.807, 2.05) is 0 Å². The zero-order chi connectivity index (χ0) is 25.2. The minimum atomic E-state index is -4.81. The number of nitrogens with one attached hydrogen (secondary N) is 1. The molecular weight excluding hydrogens is 473 g/mol. The number of nitro groups is 1. The second-order valence-electron chi connectivity index (χ2n) is 7.09. The first kappa shape index (κ1) is 23.3. The van der Waals surface area contributed by atoms with Crippen LogP contribution in [0.1, 0.15) is 21.6 Å². The van der Waals surface area contributed by atoms with Gasteiger partial charge >= 0.3 is 6.18 Å². The van der Waals surface area contributed by atoms with E-state index in [2.05, 4.69) is 20.6 Å². The van der Waals surface area contributed by atoms with E-state index in [0.29, 0.717) is 17.7 Å². The third-order valence-electron chi connectivity index (χ3n) is 4.70. The predicted molar refractivity (Wildman–Crippen MR) is 112 cm³/mol. The first-order valence-corrected chi connectivity index (χ1v) is 9.73. The van der Waals surface area contributed by atoms with Crippen LogP contribution in [0.5, 0.6) is 0 Å². The molecule has 0 atom stereocenters. The Morgan fingerprint density at radius 1 is 1.14 bits per heavy atom. The molecule has 0 unspecified atom stereocenters. The van der Waals surface area contributed by atoms with Crippen LogP contribution in [0.3, 0.4) is 0 Å². The molecule has 0 aliphatic carbocycles. The Kier molecular flexibility index (Phi) is 6.10. The molecule has 0 saturated heterocycles. The smallest absolute Gasteiger partial charge is 0.416 e. The van der Waals surface area contributed by atoms with Crippen molar-refractivity contribution in [3.63, 3.8) is 0 Å². The minimum Gasteiger partial charge on any atom is -0.423 e. The van der Waals surface area contributed by atoms with Crippen molar-refractivity contribution in [1.82, 2.24) is 25.3 Å². The summed E-state index contributed by atoms with van der Waals surface area (Å²) >= 11 is 0. The number of nitro benzene ring substituents is 1. The highest BCUT2D eigenvalue weighted by Gasteiger charge is 2.32. The number of halogens is 3. The maximum absolute atomic E-state index is 13.1. The molecule has 0 aliphatic heterocycles. The lowest BCUT2D eigenvalue weighted by Gasteiger charge is -2.11. The Hall–Kier alpha value is -4.88. The number of non-ortho nitro benzene ring substituents is 1. The van der Waals surface area contributed by atoms with Gasteiger partial charge in [-0.1, -0.05) is 6.07 Å². The summed E-state index contributed by atoms with van der Waals surface area (Å²) in [6.07, 6.45) is -3.67. The van der Waals surface area contributed by atoms with Crippen molar-refractivity contribution in [3.05, 3.63) is 98.3 Å². The van der Waals surface area contributed by atoms with Crippen molar-refractivity contribution in [2.75, 3.05) is 0 Å². The van der Waals surface area contributed by atoms with Crippen molar-refractivity contribution in [2.24, 2.45) is 0 Å². The summed E-state index contributed by atoms with van der Waals surface area (Å²) in [6, 6.07) is 10.6. The standard InChI is InChI=1S/C21H13F3N6O5/c22-21(23,24)14-6-12(7-16(9-14)30(33)34)10-25-19(32)17-4-5-18(31)29(28-17)15-3-1-2-13(8-15)20-27-26-11-35-20/h1-9,11H,10H2,(H,25,32). The van der Waals surface area contributed by atoms with Crippen molar-refractivity contribution in [3.8, 4) is 17.1 Å². The fourth-order valence-electron chi connectivity index (χ4n) is 3.10. The van der Waals surface area contributed by atoms with E-state index < -0.39 is 40.4 Å². The first-order chi connectivity index (χ1) is 16.6. The minimum absolute atomic E-state index is 0.138. The average Bonchev–Trinajstić information content (AvgIpc) is 3.37. The Morgan fingerprint density at radius 2 is 1.94 bits per heavy atom. The quantitative estimate of drug-likeness (QED) is 0.323. The van der Waals surface area contributed by atoms with Crippen molar-refractivity contribution < 1.29 is 27.3 Å². The van der Waals surface area contributed by atoms with E-state index in [1.165, 1.54) is 6.07 Å². The molecule has 0 bridgehead atoms. The van der Waals surface area contributed by atoms with Gasteiger partial charge in [-0.25, -0.2) is 0 Å². The Labute approximate surface area is 193 Å². The van der Waals surface area contributed by atoms with E-state index in [1.54, 1.807) is 18.2 Å². The number of rotatable bonds is 6. The highest BCUT2D eigenvalue weighted by molar-refractivity contribution is 5.92. The van der Waals surface area contributed by atoms with Crippen LogP contribution in [-0.2, 0) is 12.7 Å². The number of alkyl halides is 3. The molecule has 0 aliphatic rings. The fourth-order valence-corrected chi connectivity index (χ4v) is 3.10. The monoisotopic (exact) mass is 486 g/mol. The second kappa shape index (κ2) is 9.17. The molecule has 0 radical (unpaired) electrons. The van der Waals surface area contributed by atoms with Gasteiger partial charge in [-0.15, -0.1) is 10.2 Å². The number of carbonyl (C=O) groups is 1. The van der Waals surface area contributed by atoms with Gasteiger partial charge < -0.3 is 9.73 Å². The van der Waals surface area contributed by atoms with E-state index in [9.17, 15) is 32.9 Å². The molecule has 0 fully saturated rings. The second-order valence-corrected chi connectivity index (χ2v) is 7.09. The molecule has 2 heterocycles. The zero-order valence-corrected chi connectivity index (χ0v) is 17.4. The summed E-state index contributed by atoms with van der Waals surface area (Å²) in [6.45, 7) is -0.447. The molecule has 2 aromatic heterocycles. The average molecular weight is 486 g/mol. The van der Waals surface area contributed by atoms with Gasteiger partial charge in [0.25, 0.3) is 17.2 Å². The van der Waals surface area contributed by atoms with Crippen LogP contribution in [0.25, 0.3) is 17.1 Å². The van der Waals surface area contributed by atoms with Crippen LogP contribution in [0.15, 0.2) is 70.2 Å².